The smallest absolute Gasteiger partial charge is 0.323 e. The number of para-hydroxylation sites is 1. The van der Waals surface area contributed by atoms with Gasteiger partial charge in [0.1, 0.15) is 5.54 Å². The highest BCUT2D eigenvalue weighted by Gasteiger charge is 2.30. The molecule has 0 amide bonds. The van der Waals surface area contributed by atoms with Crippen molar-refractivity contribution >= 4 is 23.4 Å². The highest BCUT2D eigenvalue weighted by molar-refractivity contribution is 7.99. The largest absolute Gasteiger partial charge is 0.480 e. The third kappa shape index (κ3) is 5.02. The molecule has 0 fully saturated rings. The number of likely N-dealkylation sites (N-methyl/N-ethyl adjacent to an activating group) is 1. The number of nitro benzene ring substituents is 1. The quantitative estimate of drug-likeness (QED) is 0.315. The second kappa shape index (κ2) is 7.99. The molecule has 7 heteroatoms. The Morgan fingerprint density at radius 3 is 2.67 bits per heavy atom. The van der Waals surface area contributed by atoms with Crippen LogP contribution in [0.4, 0.5) is 5.69 Å². The lowest BCUT2D eigenvalue weighted by Gasteiger charge is -2.23. The maximum absolute atomic E-state index is 11.1. The second-order valence-corrected chi connectivity index (χ2v) is 6.05. The van der Waals surface area contributed by atoms with E-state index in [0.717, 1.165) is 18.6 Å². The van der Waals surface area contributed by atoms with Gasteiger partial charge in [-0.2, -0.15) is 0 Å². The molecule has 6 nitrogen and oxygen atoms in total. The number of hydrogen-bond acceptors (Lipinski definition) is 5. The van der Waals surface area contributed by atoms with E-state index in [4.69, 9.17) is 5.11 Å². The number of carbonyl (C=O) groups is 1. The summed E-state index contributed by atoms with van der Waals surface area (Å²) in [5.74, 6) is -0.138. The van der Waals surface area contributed by atoms with Crippen LogP contribution in [0.15, 0.2) is 29.2 Å². The number of rotatable bonds is 9. The lowest BCUT2D eigenvalue weighted by atomic mass is 9.95. The molecule has 1 aromatic carbocycles. The van der Waals surface area contributed by atoms with Crippen LogP contribution in [-0.2, 0) is 4.79 Å². The number of hydrogen-bond donors (Lipinski definition) is 2. The summed E-state index contributed by atoms with van der Waals surface area (Å²) in [6.45, 7) is 1.66. The number of thioether (sulfide) groups is 1. The van der Waals surface area contributed by atoms with E-state index in [1.807, 2.05) is 0 Å². The molecule has 0 radical (unpaired) electrons. The van der Waals surface area contributed by atoms with E-state index in [2.05, 4.69) is 5.32 Å². The van der Waals surface area contributed by atoms with Crippen molar-refractivity contribution in [2.45, 2.75) is 36.6 Å². The van der Waals surface area contributed by atoms with Crippen LogP contribution in [0.3, 0.4) is 0 Å². The molecule has 0 heterocycles. The van der Waals surface area contributed by atoms with Crippen molar-refractivity contribution in [3.05, 3.63) is 34.4 Å². The Labute approximate surface area is 128 Å². The van der Waals surface area contributed by atoms with Crippen molar-refractivity contribution < 1.29 is 14.8 Å². The fraction of sp³-hybridized carbons (Fsp3) is 0.500. The Morgan fingerprint density at radius 2 is 2.10 bits per heavy atom. The Bertz CT molecular complexity index is 510. The predicted molar refractivity (Wildman–Crippen MR) is 82.8 cm³/mol. The zero-order valence-electron chi connectivity index (χ0n) is 12.2. The summed E-state index contributed by atoms with van der Waals surface area (Å²) in [6.07, 6.45) is 2.08. The Balaban J connectivity index is 2.42. The lowest BCUT2D eigenvalue weighted by molar-refractivity contribution is -0.387. The number of nitrogens with one attached hydrogen (secondary N) is 1. The zero-order valence-corrected chi connectivity index (χ0v) is 13.0. The van der Waals surface area contributed by atoms with Gasteiger partial charge < -0.3 is 10.4 Å². The van der Waals surface area contributed by atoms with Crippen LogP contribution >= 0.6 is 11.8 Å². The van der Waals surface area contributed by atoms with Gasteiger partial charge in [0.25, 0.3) is 5.69 Å². The molecule has 0 spiro atoms. The number of aliphatic carboxylic acids is 1. The molecule has 0 aliphatic heterocycles. The topological polar surface area (TPSA) is 92.5 Å². The SMILES string of the molecule is CNC(C)(CCCCSc1ccccc1[N+](=O)[O-])C(=O)O. The van der Waals surface area contributed by atoms with Crippen LogP contribution in [0.2, 0.25) is 0 Å². The maximum Gasteiger partial charge on any atom is 0.323 e. The van der Waals surface area contributed by atoms with Gasteiger partial charge in [-0.15, -0.1) is 11.8 Å². The third-order valence-electron chi connectivity index (χ3n) is 3.41. The summed E-state index contributed by atoms with van der Waals surface area (Å²) >= 11 is 1.43. The molecule has 1 aromatic rings. The van der Waals surface area contributed by atoms with Gasteiger partial charge in [-0.1, -0.05) is 18.6 Å². The maximum atomic E-state index is 11.1. The number of nitrogens with zero attached hydrogens (tertiary/aromatic N) is 1. The van der Waals surface area contributed by atoms with Gasteiger partial charge in [0.05, 0.1) is 9.82 Å². The van der Waals surface area contributed by atoms with Gasteiger partial charge in [0.2, 0.25) is 0 Å². The minimum atomic E-state index is -0.913. The monoisotopic (exact) mass is 312 g/mol. The normalized spacial score (nSPS) is 13.6. The van der Waals surface area contributed by atoms with E-state index in [1.54, 1.807) is 32.2 Å². The molecule has 0 aromatic heterocycles. The fourth-order valence-electron chi connectivity index (χ4n) is 1.83. The first kappa shape index (κ1) is 17.5. The number of unbranched alkanes of at least 4 members (excludes halogenated alkanes) is 1. The second-order valence-electron chi connectivity index (χ2n) is 4.92. The highest BCUT2D eigenvalue weighted by atomic mass is 32.2. The number of carboxylic acids is 1. The van der Waals surface area contributed by atoms with E-state index in [-0.39, 0.29) is 10.6 Å². The fourth-order valence-corrected chi connectivity index (χ4v) is 2.87. The van der Waals surface area contributed by atoms with E-state index >= 15 is 0 Å². The molecule has 0 aliphatic rings. The minimum absolute atomic E-state index is 0.119. The van der Waals surface area contributed by atoms with Crippen molar-refractivity contribution in [1.29, 1.82) is 0 Å². The van der Waals surface area contributed by atoms with Crippen molar-refractivity contribution in [2.75, 3.05) is 12.8 Å². The molecule has 2 N–H and O–H groups in total. The third-order valence-corrected chi connectivity index (χ3v) is 4.56. The van der Waals surface area contributed by atoms with Gasteiger partial charge >= 0.3 is 5.97 Å². The van der Waals surface area contributed by atoms with E-state index in [0.29, 0.717) is 11.3 Å². The van der Waals surface area contributed by atoms with E-state index in [9.17, 15) is 14.9 Å². The predicted octanol–water partition coefficient (Wildman–Crippen LogP) is 2.92. The number of carboxylic acid groups (broad SMARTS) is 1. The highest BCUT2D eigenvalue weighted by Crippen LogP contribution is 2.29. The molecule has 1 rings (SSSR count). The first-order chi connectivity index (χ1) is 9.90. The first-order valence-corrected chi connectivity index (χ1v) is 7.68. The van der Waals surface area contributed by atoms with Crippen LogP contribution in [0.25, 0.3) is 0 Å². The molecule has 116 valence electrons. The molecule has 0 aliphatic carbocycles. The van der Waals surface area contributed by atoms with Crippen LogP contribution in [0.1, 0.15) is 26.2 Å². The van der Waals surface area contributed by atoms with Gasteiger partial charge in [-0.25, -0.2) is 0 Å². The standard InChI is InChI=1S/C14H20N2O4S/c1-14(15-2,13(17)18)9-5-6-10-21-12-8-4-3-7-11(12)16(19)20/h3-4,7-8,15H,5-6,9-10H2,1-2H3,(H,17,18). The molecular weight excluding hydrogens is 292 g/mol. The molecule has 0 bridgehead atoms. The lowest BCUT2D eigenvalue weighted by Crippen LogP contribution is -2.47. The summed E-state index contributed by atoms with van der Waals surface area (Å²) in [4.78, 5) is 22.3. The Hall–Kier alpha value is -1.60. The number of benzene rings is 1. The summed E-state index contributed by atoms with van der Waals surface area (Å²) in [6, 6.07) is 6.65. The molecule has 21 heavy (non-hydrogen) atoms. The molecule has 0 saturated heterocycles. The van der Waals surface area contributed by atoms with Crippen LogP contribution in [-0.4, -0.2) is 34.3 Å². The van der Waals surface area contributed by atoms with Crippen molar-refractivity contribution in [1.82, 2.24) is 5.32 Å². The first-order valence-electron chi connectivity index (χ1n) is 6.69. The van der Waals surface area contributed by atoms with Crippen molar-refractivity contribution in [3.8, 4) is 0 Å². The average molecular weight is 312 g/mol. The van der Waals surface area contributed by atoms with Crippen molar-refractivity contribution in [3.63, 3.8) is 0 Å². The van der Waals surface area contributed by atoms with Crippen LogP contribution < -0.4 is 5.32 Å². The zero-order chi connectivity index (χ0) is 15.9. The summed E-state index contributed by atoms with van der Waals surface area (Å²) in [5.41, 5.74) is -0.795. The summed E-state index contributed by atoms with van der Waals surface area (Å²) < 4.78 is 0. The summed E-state index contributed by atoms with van der Waals surface area (Å²) in [7, 11) is 1.64. The van der Waals surface area contributed by atoms with E-state index < -0.39 is 11.5 Å². The molecule has 1 unspecified atom stereocenters. The van der Waals surface area contributed by atoms with E-state index in [1.165, 1.54) is 17.8 Å². The van der Waals surface area contributed by atoms with Crippen molar-refractivity contribution in [2.24, 2.45) is 0 Å². The summed E-state index contributed by atoms with van der Waals surface area (Å²) in [5, 5.41) is 22.8. The van der Waals surface area contributed by atoms with Crippen LogP contribution in [0, 0.1) is 10.1 Å². The van der Waals surface area contributed by atoms with Gasteiger partial charge in [-0.3, -0.25) is 14.9 Å². The molecule has 1 atom stereocenters. The Morgan fingerprint density at radius 1 is 1.43 bits per heavy atom. The molecule has 0 saturated carbocycles. The number of nitro groups is 1. The van der Waals surface area contributed by atoms with Crippen LogP contribution in [0.5, 0.6) is 0 Å². The van der Waals surface area contributed by atoms with Gasteiger partial charge in [0.15, 0.2) is 0 Å². The molecular formula is C14H20N2O4S. The van der Waals surface area contributed by atoms with Gasteiger partial charge in [0, 0.05) is 6.07 Å². The Kier molecular flexibility index (Phi) is 6.64. The minimum Gasteiger partial charge on any atom is -0.480 e. The average Bonchev–Trinajstić information content (AvgIpc) is 2.46. The van der Waals surface area contributed by atoms with Gasteiger partial charge in [-0.05, 0) is 38.6 Å².